The number of rotatable bonds is 12. The van der Waals surface area contributed by atoms with Crippen LogP contribution in [0.1, 0.15) is 59.9 Å². The Labute approximate surface area is 234 Å². The molecule has 1 aromatic rings. The molecule has 0 bridgehead atoms. The summed E-state index contributed by atoms with van der Waals surface area (Å²) in [5, 5.41) is 10.1. The van der Waals surface area contributed by atoms with E-state index in [4.69, 9.17) is 9.47 Å². The average molecular weight is 561 g/mol. The van der Waals surface area contributed by atoms with Gasteiger partial charge in [-0.15, -0.1) is 0 Å². The van der Waals surface area contributed by atoms with Crippen molar-refractivity contribution in [2.45, 2.75) is 78.0 Å². The van der Waals surface area contributed by atoms with E-state index in [0.717, 1.165) is 11.6 Å². The lowest BCUT2D eigenvalue weighted by Gasteiger charge is -2.22. The molecule has 12 nitrogen and oxygen atoms in total. The molecule has 0 saturated heterocycles. The lowest BCUT2D eigenvalue weighted by atomic mass is 10.1. The predicted molar refractivity (Wildman–Crippen MR) is 148 cm³/mol. The summed E-state index contributed by atoms with van der Waals surface area (Å²) in [4.78, 5) is 72.6. The highest BCUT2D eigenvalue weighted by molar-refractivity contribution is 6.37. The Kier molecular flexibility index (Phi) is 13.0. The molecule has 0 unspecified atom stereocenters. The van der Waals surface area contributed by atoms with E-state index < -0.39 is 52.8 Å². The molecule has 0 aliphatic heterocycles. The van der Waals surface area contributed by atoms with Crippen LogP contribution < -0.4 is 21.3 Å². The second-order valence-corrected chi connectivity index (χ2v) is 10.8. The van der Waals surface area contributed by atoms with E-state index in [0.29, 0.717) is 12.1 Å². The highest BCUT2D eigenvalue weighted by Crippen LogP contribution is 2.12. The van der Waals surface area contributed by atoms with Crippen molar-refractivity contribution in [2.75, 3.05) is 18.4 Å². The van der Waals surface area contributed by atoms with Crippen molar-refractivity contribution in [2.24, 2.45) is 0 Å². The second kappa shape index (κ2) is 15.4. The fraction of sp³-hybridized carbons (Fsp3) is 0.500. The molecule has 12 heteroatoms. The third-order valence-corrected chi connectivity index (χ3v) is 4.79. The van der Waals surface area contributed by atoms with Gasteiger partial charge >= 0.3 is 17.8 Å². The van der Waals surface area contributed by atoms with Gasteiger partial charge < -0.3 is 30.7 Å². The Morgan fingerprint density at radius 3 is 2.02 bits per heavy atom. The molecule has 40 heavy (non-hydrogen) atoms. The summed E-state index contributed by atoms with van der Waals surface area (Å²) in [6.45, 7) is 13.6. The molecule has 0 saturated carbocycles. The molecular formula is C28H40N4O8. The topological polar surface area (TPSA) is 169 Å². The number of carbonyl (C=O) groups is 6. The number of ether oxygens (including phenoxy) is 2. The first kappa shape index (κ1) is 33.8. The van der Waals surface area contributed by atoms with Crippen molar-refractivity contribution in [1.29, 1.82) is 0 Å². The second-order valence-electron chi connectivity index (χ2n) is 10.8. The fourth-order valence-corrected chi connectivity index (χ4v) is 3.11. The van der Waals surface area contributed by atoms with E-state index >= 15 is 0 Å². The Bertz CT molecular complexity index is 1090. The quantitative estimate of drug-likeness (QED) is 0.169. The highest BCUT2D eigenvalue weighted by atomic mass is 16.6. The monoisotopic (exact) mass is 560 g/mol. The minimum absolute atomic E-state index is 0.0334. The van der Waals surface area contributed by atoms with Crippen LogP contribution in [0, 0.1) is 0 Å². The van der Waals surface area contributed by atoms with Crippen LogP contribution in [-0.2, 0) is 44.7 Å². The molecule has 220 valence electrons. The minimum atomic E-state index is -1.18. The smallest absolute Gasteiger partial charge is 0.397 e. The standard InChI is InChI=1S/C28H40N4O8/c1-8-21(33)29-16-14-22(34)32-20(17-23(35)39-27(2,3)4)24(36)30-15-13-18-9-11-19(12-10-18)31-25(37)26(38)40-28(5,6)7/h8-12,20H,1,13-17H2,2-7H3,(H,29,33)(H,30,36)(H,31,37)(H,32,34)/t20-/m0/s1. The Morgan fingerprint density at radius 2 is 1.48 bits per heavy atom. The normalized spacial score (nSPS) is 11.8. The predicted octanol–water partition coefficient (Wildman–Crippen LogP) is 1.53. The van der Waals surface area contributed by atoms with Gasteiger partial charge in [0.15, 0.2) is 0 Å². The molecule has 0 spiro atoms. The minimum Gasteiger partial charge on any atom is -0.460 e. The number of benzene rings is 1. The number of amides is 4. The number of esters is 2. The van der Waals surface area contributed by atoms with Crippen molar-refractivity contribution in [1.82, 2.24) is 16.0 Å². The largest absolute Gasteiger partial charge is 0.460 e. The Morgan fingerprint density at radius 1 is 0.875 bits per heavy atom. The molecule has 0 aliphatic carbocycles. The van der Waals surface area contributed by atoms with Crippen molar-refractivity contribution in [3.05, 3.63) is 42.5 Å². The molecule has 1 rings (SSSR count). The van der Waals surface area contributed by atoms with Crippen LogP contribution in [0.3, 0.4) is 0 Å². The summed E-state index contributed by atoms with van der Waals surface area (Å²) in [7, 11) is 0. The summed E-state index contributed by atoms with van der Waals surface area (Å²) >= 11 is 0. The van der Waals surface area contributed by atoms with Crippen LogP contribution in [0.15, 0.2) is 36.9 Å². The van der Waals surface area contributed by atoms with Crippen LogP contribution in [0.4, 0.5) is 5.69 Å². The van der Waals surface area contributed by atoms with Gasteiger partial charge in [-0.05, 0) is 71.7 Å². The van der Waals surface area contributed by atoms with E-state index in [9.17, 15) is 28.8 Å². The number of hydrogen-bond donors (Lipinski definition) is 4. The van der Waals surface area contributed by atoms with E-state index in [1.165, 1.54) is 0 Å². The summed E-state index contributed by atoms with van der Waals surface area (Å²) in [6, 6.07) is 5.47. The summed E-state index contributed by atoms with van der Waals surface area (Å²) < 4.78 is 10.3. The molecule has 4 N–H and O–H groups in total. The van der Waals surface area contributed by atoms with Gasteiger partial charge in [0.1, 0.15) is 17.2 Å². The SMILES string of the molecule is C=CC(=O)NCCC(=O)N[C@@H](CC(=O)OC(C)(C)C)C(=O)NCCc1ccc(NC(=O)C(=O)OC(C)(C)C)cc1. The van der Waals surface area contributed by atoms with Gasteiger partial charge in [-0.25, -0.2) is 4.79 Å². The zero-order valence-corrected chi connectivity index (χ0v) is 24.0. The van der Waals surface area contributed by atoms with Crippen molar-refractivity contribution >= 4 is 41.3 Å². The third-order valence-electron chi connectivity index (χ3n) is 4.79. The van der Waals surface area contributed by atoms with Gasteiger partial charge in [0, 0.05) is 25.2 Å². The van der Waals surface area contributed by atoms with Gasteiger partial charge in [-0.1, -0.05) is 18.7 Å². The first-order chi connectivity index (χ1) is 18.5. The van der Waals surface area contributed by atoms with Crippen molar-refractivity contribution < 1.29 is 38.2 Å². The van der Waals surface area contributed by atoms with Crippen LogP contribution >= 0.6 is 0 Å². The first-order valence-corrected chi connectivity index (χ1v) is 12.8. The maximum Gasteiger partial charge on any atom is 0.397 e. The molecule has 0 aliphatic rings. The van der Waals surface area contributed by atoms with E-state index in [-0.39, 0.29) is 25.9 Å². The molecule has 0 heterocycles. The average Bonchev–Trinajstić information content (AvgIpc) is 2.82. The molecule has 1 aromatic carbocycles. The van der Waals surface area contributed by atoms with Gasteiger partial charge in [0.2, 0.25) is 17.7 Å². The molecule has 4 amide bonds. The van der Waals surface area contributed by atoms with E-state index in [2.05, 4.69) is 27.8 Å². The Balaban J connectivity index is 2.69. The summed E-state index contributed by atoms with van der Waals surface area (Å²) in [5.74, 6) is -4.08. The number of nitrogens with one attached hydrogen (secondary N) is 4. The van der Waals surface area contributed by atoms with Crippen LogP contribution in [0.2, 0.25) is 0 Å². The number of anilines is 1. The van der Waals surface area contributed by atoms with E-state index in [1.54, 1.807) is 65.8 Å². The lowest BCUT2D eigenvalue weighted by molar-refractivity contribution is -0.161. The van der Waals surface area contributed by atoms with Crippen molar-refractivity contribution in [3.63, 3.8) is 0 Å². The highest BCUT2D eigenvalue weighted by Gasteiger charge is 2.27. The van der Waals surface area contributed by atoms with Crippen LogP contribution in [0.5, 0.6) is 0 Å². The van der Waals surface area contributed by atoms with Gasteiger partial charge in [0.05, 0.1) is 6.42 Å². The maximum atomic E-state index is 12.8. The lowest BCUT2D eigenvalue weighted by Crippen LogP contribution is -2.49. The van der Waals surface area contributed by atoms with Crippen LogP contribution in [-0.4, -0.2) is 65.9 Å². The van der Waals surface area contributed by atoms with E-state index in [1.807, 2.05) is 0 Å². The maximum absolute atomic E-state index is 12.8. The summed E-state index contributed by atoms with van der Waals surface area (Å²) in [5.41, 5.74) is -0.342. The zero-order valence-electron chi connectivity index (χ0n) is 24.0. The van der Waals surface area contributed by atoms with Gasteiger partial charge in [-0.2, -0.15) is 0 Å². The van der Waals surface area contributed by atoms with Crippen molar-refractivity contribution in [3.8, 4) is 0 Å². The summed E-state index contributed by atoms with van der Waals surface area (Å²) in [6.07, 6.45) is 1.01. The number of hydrogen-bond acceptors (Lipinski definition) is 8. The zero-order chi connectivity index (χ0) is 30.5. The molecule has 0 radical (unpaired) electrons. The molecule has 0 aromatic heterocycles. The van der Waals surface area contributed by atoms with Gasteiger partial charge in [0.25, 0.3) is 0 Å². The molecule has 0 fully saturated rings. The third kappa shape index (κ3) is 14.6. The number of carbonyl (C=O) groups excluding carboxylic acids is 6. The Hall–Kier alpha value is -4.22. The molecule has 1 atom stereocenters. The fourth-order valence-electron chi connectivity index (χ4n) is 3.11. The first-order valence-electron chi connectivity index (χ1n) is 12.8. The molecular weight excluding hydrogens is 520 g/mol. The van der Waals surface area contributed by atoms with Gasteiger partial charge in [-0.3, -0.25) is 24.0 Å². The van der Waals surface area contributed by atoms with Crippen LogP contribution in [0.25, 0.3) is 0 Å².